The average molecular weight is 280 g/mol. The predicted octanol–water partition coefficient (Wildman–Crippen LogP) is 2.67. The lowest BCUT2D eigenvalue weighted by Gasteiger charge is -2.40. The van der Waals surface area contributed by atoms with E-state index in [1.54, 1.807) is 6.20 Å². The summed E-state index contributed by atoms with van der Waals surface area (Å²) in [6.07, 6.45) is 3.97. The number of nitrogens with zero attached hydrogens (tertiary/aromatic N) is 3. The number of benzene rings is 1. The van der Waals surface area contributed by atoms with Crippen LogP contribution in [0.1, 0.15) is 25.3 Å². The Kier molecular flexibility index (Phi) is 3.76. The van der Waals surface area contributed by atoms with E-state index in [9.17, 15) is 5.26 Å². The van der Waals surface area contributed by atoms with Gasteiger partial charge in [-0.15, -0.1) is 0 Å². The molecule has 2 N–H and O–H groups in total. The quantitative estimate of drug-likeness (QED) is 0.918. The molecule has 4 nitrogen and oxygen atoms in total. The van der Waals surface area contributed by atoms with E-state index < -0.39 is 0 Å². The normalized spacial score (nSPS) is 22.2. The summed E-state index contributed by atoms with van der Waals surface area (Å²) in [7, 11) is 0. The van der Waals surface area contributed by atoms with E-state index in [0.717, 1.165) is 29.6 Å². The Labute approximate surface area is 125 Å². The maximum atomic E-state index is 9.48. The lowest BCUT2D eigenvalue weighted by Crippen LogP contribution is -2.44. The summed E-state index contributed by atoms with van der Waals surface area (Å²) in [5, 5.41) is 10.5. The van der Waals surface area contributed by atoms with Gasteiger partial charge in [0.05, 0.1) is 16.8 Å². The SMILES string of the molecule is CC1CCC(CN)CN1c1c(C#N)cnc2ccccc12. The summed E-state index contributed by atoms with van der Waals surface area (Å²) in [5.74, 6) is 0.500. The molecule has 1 aliphatic heterocycles. The van der Waals surface area contributed by atoms with Crippen LogP contribution in [-0.2, 0) is 0 Å². The summed E-state index contributed by atoms with van der Waals surface area (Å²) in [6.45, 7) is 3.84. The zero-order valence-corrected chi connectivity index (χ0v) is 12.3. The van der Waals surface area contributed by atoms with Crippen molar-refractivity contribution in [2.45, 2.75) is 25.8 Å². The van der Waals surface area contributed by atoms with E-state index in [-0.39, 0.29) is 0 Å². The number of aromatic nitrogens is 1. The van der Waals surface area contributed by atoms with Crippen LogP contribution in [0.25, 0.3) is 10.9 Å². The Bertz CT molecular complexity index is 689. The van der Waals surface area contributed by atoms with Gasteiger partial charge in [0.15, 0.2) is 0 Å². The third-order valence-corrected chi connectivity index (χ3v) is 4.47. The van der Waals surface area contributed by atoms with Gasteiger partial charge in [-0.3, -0.25) is 4.98 Å². The van der Waals surface area contributed by atoms with Crippen molar-refractivity contribution < 1.29 is 0 Å². The van der Waals surface area contributed by atoms with E-state index >= 15 is 0 Å². The van der Waals surface area contributed by atoms with Crippen molar-refractivity contribution in [1.29, 1.82) is 5.26 Å². The van der Waals surface area contributed by atoms with Crippen LogP contribution in [0.5, 0.6) is 0 Å². The van der Waals surface area contributed by atoms with Crippen LogP contribution in [0.3, 0.4) is 0 Å². The third kappa shape index (κ3) is 2.45. The topological polar surface area (TPSA) is 65.9 Å². The summed E-state index contributed by atoms with van der Waals surface area (Å²) in [5.41, 5.74) is 8.48. The van der Waals surface area contributed by atoms with E-state index in [1.165, 1.54) is 6.42 Å². The number of rotatable bonds is 2. The lowest BCUT2D eigenvalue weighted by atomic mass is 9.92. The molecule has 0 amide bonds. The highest BCUT2D eigenvalue weighted by Gasteiger charge is 2.27. The monoisotopic (exact) mass is 280 g/mol. The largest absolute Gasteiger partial charge is 0.367 e. The number of nitriles is 1. The van der Waals surface area contributed by atoms with Crippen LogP contribution < -0.4 is 10.6 Å². The number of hydrogen-bond donors (Lipinski definition) is 1. The molecule has 1 aliphatic rings. The molecule has 1 fully saturated rings. The summed E-state index contributed by atoms with van der Waals surface area (Å²) in [4.78, 5) is 6.75. The number of para-hydroxylation sites is 1. The predicted molar refractivity (Wildman–Crippen MR) is 85.0 cm³/mol. The molecule has 0 aliphatic carbocycles. The Morgan fingerprint density at radius 3 is 2.95 bits per heavy atom. The minimum Gasteiger partial charge on any atom is -0.367 e. The van der Waals surface area contributed by atoms with Gasteiger partial charge in [-0.25, -0.2) is 0 Å². The second kappa shape index (κ2) is 5.71. The zero-order valence-electron chi connectivity index (χ0n) is 12.3. The van der Waals surface area contributed by atoms with Crippen molar-refractivity contribution in [2.24, 2.45) is 11.7 Å². The summed E-state index contributed by atoms with van der Waals surface area (Å²) >= 11 is 0. The van der Waals surface area contributed by atoms with Crippen molar-refractivity contribution in [3.8, 4) is 6.07 Å². The first-order chi connectivity index (χ1) is 10.2. The van der Waals surface area contributed by atoms with Gasteiger partial charge >= 0.3 is 0 Å². The number of hydrogen-bond acceptors (Lipinski definition) is 4. The Morgan fingerprint density at radius 1 is 1.38 bits per heavy atom. The highest BCUT2D eigenvalue weighted by molar-refractivity contribution is 5.94. The molecule has 108 valence electrons. The molecule has 1 saturated heterocycles. The van der Waals surface area contributed by atoms with Gasteiger partial charge in [0, 0.05) is 24.2 Å². The molecular weight excluding hydrogens is 260 g/mol. The number of pyridine rings is 1. The summed E-state index contributed by atoms with van der Waals surface area (Å²) in [6, 6.07) is 10.8. The van der Waals surface area contributed by atoms with E-state index in [0.29, 0.717) is 24.1 Å². The molecule has 0 radical (unpaired) electrons. The molecular formula is C17H20N4. The first kappa shape index (κ1) is 13.8. The number of piperidine rings is 1. The molecule has 2 heterocycles. The van der Waals surface area contributed by atoms with Gasteiger partial charge in [0.25, 0.3) is 0 Å². The van der Waals surface area contributed by atoms with Crippen LogP contribution >= 0.6 is 0 Å². The molecule has 1 aromatic heterocycles. The standard InChI is InChI=1S/C17H20N4/c1-12-6-7-13(8-18)11-21(12)17-14(9-19)10-20-16-5-3-2-4-15(16)17/h2-5,10,12-13H,6-8,11,18H2,1H3. The van der Waals surface area contributed by atoms with Crippen LogP contribution in [0.2, 0.25) is 0 Å². The summed E-state index contributed by atoms with van der Waals surface area (Å²) < 4.78 is 0. The minimum absolute atomic E-state index is 0.422. The van der Waals surface area contributed by atoms with Gasteiger partial charge < -0.3 is 10.6 Å². The number of nitrogens with two attached hydrogens (primary N) is 1. The van der Waals surface area contributed by atoms with Crippen molar-refractivity contribution in [3.05, 3.63) is 36.0 Å². The molecule has 2 aromatic rings. The zero-order chi connectivity index (χ0) is 14.8. The number of fused-ring (bicyclic) bond motifs is 1. The first-order valence-electron chi connectivity index (χ1n) is 7.49. The van der Waals surface area contributed by atoms with Crippen LogP contribution in [0.15, 0.2) is 30.5 Å². The van der Waals surface area contributed by atoms with Crippen LogP contribution in [0.4, 0.5) is 5.69 Å². The molecule has 21 heavy (non-hydrogen) atoms. The van der Waals surface area contributed by atoms with Gasteiger partial charge in [0.1, 0.15) is 6.07 Å². The smallest absolute Gasteiger partial charge is 0.103 e. The highest BCUT2D eigenvalue weighted by Crippen LogP contribution is 2.34. The molecule has 0 saturated carbocycles. The van der Waals surface area contributed by atoms with Crippen LogP contribution in [-0.4, -0.2) is 24.1 Å². The van der Waals surface area contributed by atoms with E-state index in [1.807, 2.05) is 18.2 Å². The van der Waals surface area contributed by atoms with Crippen molar-refractivity contribution in [2.75, 3.05) is 18.0 Å². The Balaban J connectivity index is 2.15. The fourth-order valence-corrected chi connectivity index (χ4v) is 3.20. The second-order valence-electron chi connectivity index (χ2n) is 5.83. The first-order valence-corrected chi connectivity index (χ1v) is 7.49. The highest BCUT2D eigenvalue weighted by atomic mass is 15.2. The Morgan fingerprint density at radius 2 is 2.19 bits per heavy atom. The lowest BCUT2D eigenvalue weighted by molar-refractivity contribution is 0.374. The van der Waals surface area contributed by atoms with E-state index in [4.69, 9.17) is 5.73 Å². The van der Waals surface area contributed by atoms with Gasteiger partial charge in [-0.1, -0.05) is 18.2 Å². The minimum atomic E-state index is 0.422. The number of anilines is 1. The van der Waals surface area contributed by atoms with Crippen molar-refractivity contribution in [3.63, 3.8) is 0 Å². The molecule has 2 atom stereocenters. The molecule has 0 bridgehead atoms. The molecule has 0 spiro atoms. The molecule has 3 rings (SSSR count). The van der Waals surface area contributed by atoms with Gasteiger partial charge in [0.2, 0.25) is 0 Å². The fourth-order valence-electron chi connectivity index (χ4n) is 3.20. The molecule has 1 aromatic carbocycles. The van der Waals surface area contributed by atoms with Gasteiger partial charge in [-0.2, -0.15) is 5.26 Å². The van der Waals surface area contributed by atoms with Crippen molar-refractivity contribution in [1.82, 2.24) is 4.98 Å². The van der Waals surface area contributed by atoms with Gasteiger partial charge in [-0.05, 0) is 38.3 Å². The van der Waals surface area contributed by atoms with Crippen molar-refractivity contribution >= 4 is 16.6 Å². The average Bonchev–Trinajstić information content (AvgIpc) is 2.54. The maximum Gasteiger partial charge on any atom is 0.103 e. The molecule has 2 unspecified atom stereocenters. The Hall–Kier alpha value is -2.12. The van der Waals surface area contributed by atoms with E-state index in [2.05, 4.69) is 28.9 Å². The van der Waals surface area contributed by atoms with Crippen LogP contribution in [0, 0.1) is 17.2 Å². The third-order valence-electron chi connectivity index (χ3n) is 4.47. The molecule has 4 heteroatoms. The fraction of sp³-hybridized carbons (Fsp3) is 0.412. The second-order valence-corrected chi connectivity index (χ2v) is 5.83. The maximum absolute atomic E-state index is 9.48.